The van der Waals surface area contributed by atoms with Crippen LogP contribution in [0.1, 0.15) is 79.1 Å². The average molecular weight is 924 g/mol. The molecule has 2 bridgehead atoms. The van der Waals surface area contributed by atoms with Crippen LogP contribution in [0.5, 0.6) is 0 Å². The molecule has 3 rings (SSSR count). The molecule has 18 nitrogen and oxygen atoms in total. The molecule has 18 heteroatoms. The third kappa shape index (κ3) is 18.6. The van der Waals surface area contributed by atoms with E-state index >= 15 is 0 Å². The lowest BCUT2D eigenvalue weighted by molar-refractivity contribution is -0.308. The highest BCUT2D eigenvalue weighted by atomic mass is 16.7. The zero-order valence-electron chi connectivity index (χ0n) is 37.6. The normalized spacial score (nSPS) is 42.0. The van der Waals surface area contributed by atoms with Gasteiger partial charge in [-0.3, -0.25) is 9.59 Å². The predicted octanol–water partition coefficient (Wildman–Crippen LogP) is 0.712. The van der Waals surface area contributed by atoms with Gasteiger partial charge in [-0.25, -0.2) is 0 Å². The zero-order valence-corrected chi connectivity index (χ0v) is 37.6. The first-order valence-corrected chi connectivity index (χ1v) is 22.3. The Morgan fingerprint density at radius 3 is 1.82 bits per heavy atom. The molecule has 368 valence electrons. The number of carboxylic acid groups (broad SMARTS) is 1. The first-order valence-electron chi connectivity index (χ1n) is 22.3. The van der Waals surface area contributed by atoms with Crippen molar-refractivity contribution < 1.29 is 84.7 Å². The van der Waals surface area contributed by atoms with Gasteiger partial charge in [-0.05, 0) is 33.1 Å². The number of carboxylic acids is 1. The van der Waals surface area contributed by atoms with Crippen molar-refractivity contribution in [3.63, 3.8) is 0 Å². The maximum Gasteiger partial charge on any atom is 0.311 e. The summed E-state index contributed by atoms with van der Waals surface area (Å²) in [4.78, 5) is 25.1. The molecule has 3 aliphatic heterocycles. The Morgan fingerprint density at radius 1 is 0.662 bits per heavy atom. The number of aliphatic hydroxyl groups is 10. The summed E-state index contributed by atoms with van der Waals surface area (Å²) >= 11 is 0. The number of hydrogen-bond acceptors (Lipinski definition) is 17. The molecule has 0 unspecified atom stereocenters. The minimum Gasteiger partial charge on any atom is -0.481 e. The van der Waals surface area contributed by atoms with Crippen LogP contribution in [0, 0.1) is 17.8 Å². The number of hydrogen-bond donors (Lipinski definition) is 12. The molecule has 13 N–H and O–H groups in total. The zero-order chi connectivity index (χ0) is 48.4. The van der Waals surface area contributed by atoms with Crippen LogP contribution >= 0.6 is 0 Å². The summed E-state index contributed by atoms with van der Waals surface area (Å²) < 4.78 is 23.1. The second-order valence-electron chi connectivity index (χ2n) is 17.6. The Hall–Kier alpha value is -3.44. The lowest BCUT2D eigenvalue weighted by Crippen LogP contribution is -2.61. The lowest BCUT2D eigenvalue weighted by Gasteiger charge is -2.45. The van der Waals surface area contributed by atoms with Gasteiger partial charge in [-0.1, -0.05) is 98.9 Å². The van der Waals surface area contributed by atoms with Crippen molar-refractivity contribution in [1.82, 2.24) is 0 Å². The van der Waals surface area contributed by atoms with Gasteiger partial charge in [0.1, 0.15) is 18.1 Å². The second-order valence-corrected chi connectivity index (χ2v) is 17.6. The third-order valence-corrected chi connectivity index (χ3v) is 12.0. The maximum atomic E-state index is 12.6. The van der Waals surface area contributed by atoms with Crippen LogP contribution in [0.25, 0.3) is 0 Å². The largest absolute Gasteiger partial charge is 0.481 e. The smallest absolute Gasteiger partial charge is 0.311 e. The minimum absolute atomic E-state index is 0.107. The molecule has 3 aliphatic rings. The number of aliphatic hydroxyl groups excluding tert-OH is 9. The Balaban J connectivity index is 1.86. The summed E-state index contributed by atoms with van der Waals surface area (Å²) in [6.07, 6.45) is 3.46. The van der Waals surface area contributed by atoms with Crippen LogP contribution in [0.15, 0.2) is 85.1 Å². The number of carbonyl (C=O) groups is 2. The number of ether oxygens (including phenoxy) is 4. The van der Waals surface area contributed by atoms with Gasteiger partial charge < -0.3 is 80.9 Å². The van der Waals surface area contributed by atoms with E-state index in [1.807, 2.05) is 19.1 Å². The molecule has 3 heterocycles. The van der Waals surface area contributed by atoms with Crippen molar-refractivity contribution in [3.8, 4) is 0 Å². The number of carbonyl (C=O) groups excluding carboxylic acids is 1. The molecule has 0 spiro atoms. The van der Waals surface area contributed by atoms with E-state index in [0.717, 1.165) is 0 Å². The number of rotatable bonds is 3. The van der Waals surface area contributed by atoms with Crippen LogP contribution in [0.2, 0.25) is 0 Å². The Bertz CT molecular complexity index is 1670. The van der Waals surface area contributed by atoms with Crippen LogP contribution in [-0.4, -0.2) is 166 Å². The van der Waals surface area contributed by atoms with Gasteiger partial charge in [0.15, 0.2) is 12.1 Å². The number of esters is 1. The van der Waals surface area contributed by atoms with E-state index in [4.69, 9.17) is 24.7 Å². The molecule has 0 amide bonds. The molecule has 2 fully saturated rings. The number of cyclic esters (lactones) is 1. The fourth-order valence-corrected chi connectivity index (χ4v) is 7.97. The van der Waals surface area contributed by atoms with Gasteiger partial charge in [0.25, 0.3) is 0 Å². The number of nitrogens with two attached hydrogens (primary N) is 1. The van der Waals surface area contributed by atoms with E-state index in [-0.39, 0.29) is 31.6 Å². The highest BCUT2D eigenvalue weighted by Crippen LogP contribution is 2.38. The van der Waals surface area contributed by atoms with Gasteiger partial charge in [-0.2, -0.15) is 0 Å². The second kappa shape index (κ2) is 27.4. The first-order chi connectivity index (χ1) is 30.6. The van der Waals surface area contributed by atoms with E-state index in [0.29, 0.717) is 0 Å². The highest BCUT2D eigenvalue weighted by Gasteiger charge is 2.51. The Morgan fingerprint density at radius 2 is 1.23 bits per heavy atom. The monoisotopic (exact) mass is 923 g/mol. The maximum absolute atomic E-state index is 12.6. The molecule has 65 heavy (non-hydrogen) atoms. The van der Waals surface area contributed by atoms with Crippen LogP contribution in [0.3, 0.4) is 0 Å². The third-order valence-electron chi connectivity index (χ3n) is 12.0. The van der Waals surface area contributed by atoms with E-state index in [1.165, 1.54) is 13.0 Å². The molecular formula is C47H73NO17. The van der Waals surface area contributed by atoms with Gasteiger partial charge >= 0.3 is 11.9 Å². The number of aliphatic carboxylic acids is 1. The molecule has 0 aromatic heterocycles. The quantitative estimate of drug-likeness (QED) is 0.174. The molecular weight excluding hydrogens is 851 g/mol. The summed E-state index contributed by atoms with van der Waals surface area (Å²) in [6.45, 7) is 6.74. The predicted molar refractivity (Wildman–Crippen MR) is 237 cm³/mol. The topological polar surface area (TPSA) is 320 Å². The summed E-state index contributed by atoms with van der Waals surface area (Å²) in [5, 5.41) is 118. The molecule has 0 aromatic rings. The summed E-state index contributed by atoms with van der Waals surface area (Å²) in [5.74, 6) is -6.83. The van der Waals surface area contributed by atoms with Gasteiger partial charge in [0.05, 0.1) is 79.6 Å². The first kappa shape index (κ1) is 55.9. The molecule has 2 saturated heterocycles. The molecule has 0 saturated carbocycles. The molecule has 0 radical (unpaired) electrons. The van der Waals surface area contributed by atoms with E-state index in [1.54, 1.807) is 80.7 Å². The fourth-order valence-electron chi connectivity index (χ4n) is 7.97. The van der Waals surface area contributed by atoms with Crippen LogP contribution in [0.4, 0.5) is 0 Å². The average Bonchev–Trinajstić information content (AvgIpc) is 3.21. The molecule has 0 aromatic carbocycles. The van der Waals surface area contributed by atoms with Crippen LogP contribution < -0.4 is 5.73 Å². The van der Waals surface area contributed by atoms with Crippen molar-refractivity contribution in [3.05, 3.63) is 85.1 Å². The van der Waals surface area contributed by atoms with Crippen molar-refractivity contribution in [2.45, 2.75) is 177 Å². The van der Waals surface area contributed by atoms with E-state index < -0.39 is 147 Å². The van der Waals surface area contributed by atoms with Gasteiger partial charge in [-0.15, -0.1) is 0 Å². The summed E-state index contributed by atoms with van der Waals surface area (Å²) in [5.41, 5.74) is 6.02. The van der Waals surface area contributed by atoms with Crippen molar-refractivity contribution in [1.29, 1.82) is 0 Å². The van der Waals surface area contributed by atoms with Crippen molar-refractivity contribution in [2.75, 3.05) is 0 Å². The Kier molecular flexibility index (Phi) is 23.6. The SMILES string of the molecule is C[C@@H]1[C@H](O)[C@H](C)C=CC=CC=CC=CC=CC=CC=C[C@H](O[C@@H]2O[C@H](C)[C@H](O)[C@H](N)[C@@H]2O)C[C@H]2O[C@@](O)(C[C@H](O)C[C@H](O)[C@H](O)CC[C@H](O)C[C@H](O)CC(=O)O[C@@H]1C)C[C@H](O)[C@H]2C(=O)O. The number of allylic oxidation sites excluding steroid dienone is 12. The van der Waals surface area contributed by atoms with E-state index in [2.05, 4.69) is 0 Å². The fraction of sp³-hybridized carbons (Fsp3) is 0.660. The Labute approximate surface area is 381 Å². The highest BCUT2D eigenvalue weighted by molar-refractivity contribution is 5.71. The summed E-state index contributed by atoms with van der Waals surface area (Å²) in [7, 11) is 0. The van der Waals surface area contributed by atoms with Gasteiger partial charge in [0.2, 0.25) is 0 Å². The van der Waals surface area contributed by atoms with Gasteiger partial charge in [0, 0.05) is 37.5 Å². The van der Waals surface area contributed by atoms with E-state index in [9.17, 15) is 65.8 Å². The standard InChI is InChI=1S/C47H73NO17/c1-27-17-15-13-11-9-7-5-6-8-10-12-14-16-18-34(64-46-44(58)41(48)43(57)30(4)63-46)24-38-40(45(59)60)37(54)26-47(61,65-38)25-33(51)22-36(53)35(52)20-19-31(49)21-32(50)23-39(55)62-29(3)28(2)42(27)56/h5-18,27-38,40-44,46,49-54,56-58,61H,19-26,48H2,1-4H3,(H,59,60)/t27-,28+,29-,30-,31+,32+,33-,34+,35-,36+,37+,38-,40-,41+,42-,43+,44+,46+,47+/m1/s1. The summed E-state index contributed by atoms with van der Waals surface area (Å²) in [6, 6.07) is -1.15. The van der Waals surface area contributed by atoms with Crippen molar-refractivity contribution in [2.24, 2.45) is 23.5 Å². The minimum atomic E-state index is -2.33. The number of fused-ring (bicyclic) bond motifs is 2. The molecule has 19 atom stereocenters. The lowest BCUT2D eigenvalue weighted by atomic mass is 9.82. The van der Waals surface area contributed by atoms with Crippen LogP contribution in [-0.2, 0) is 28.5 Å². The molecule has 0 aliphatic carbocycles. The van der Waals surface area contributed by atoms with Crippen molar-refractivity contribution >= 4 is 11.9 Å².